The molecule has 1 atom stereocenters. The minimum absolute atomic E-state index is 0.319. The summed E-state index contributed by atoms with van der Waals surface area (Å²) < 4.78 is 1.70. The second-order valence-electron chi connectivity index (χ2n) is 3.56. The monoisotopic (exact) mass is 219 g/mol. The van der Waals surface area contributed by atoms with Crippen LogP contribution in [0.3, 0.4) is 0 Å². The summed E-state index contributed by atoms with van der Waals surface area (Å²) in [7, 11) is 1.63. The lowest BCUT2D eigenvalue weighted by Gasteiger charge is -2.11. The van der Waals surface area contributed by atoms with Crippen LogP contribution in [0.15, 0.2) is 30.5 Å². The van der Waals surface area contributed by atoms with E-state index in [2.05, 4.69) is 10.4 Å². The van der Waals surface area contributed by atoms with Crippen molar-refractivity contribution in [3.63, 3.8) is 0 Å². The molecule has 0 bridgehead atoms. The van der Waals surface area contributed by atoms with E-state index in [0.29, 0.717) is 6.54 Å². The SMILES string of the molecule is CNC(Cn1ncc2ccccc21)C(=O)O. The van der Waals surface area contributed by atoms with E-state index in [0.717, 1.165) is 10.9 Å². The number of nitrogens with zero attached hydrogens (tertiary/aromatic N) is 2. The predicted octanol–water partition coefficient (Wildman–Crippen LogP) is 0.709. The van der Waals surface area contributed by atoms with Crippen molar-refractivity contribution >= 4 is 16.9 Å². The fraction of sp³-hybridized carbons (Fsp3) is 0.273. The molecule has 2 aromatic rings. The molecule has 0 aliphatic heterocycles. The molecule has 1 unspecified atom stereocenters. The van der Waals surface area contributed by atoms with E-state index in [-0.39, 0.29) is 0 Å². The first kappa shape index (κ1) is 10.6. The van der Waals surface area contributed by atoms with Gasteiger partial charge in [0.05, 0.1) is 18.3 Å². The molecule has 0 radical (unpaired) electrons. The highest BCUT2D eigenvalue weighted by Crippen LogP contribution is 2.12. The number of carbonyl (C=O) groups is 1. The van der Waals surface area contributed by atoms with Crippen LogP contribution in [0.2, 0.25) is 0 Å². The topological polar surface area (TPSA) is 67.2 Å². The third-order valence-electron chi connectivity index (χ3n) is 2.55. The van der Waals surface area contributed by atoms with E-state index < -0.39 is 12.0 Å². The second kappa shape index (κ2) is 4.32. The predicted molar refractivity (Wildman–Crippen MR) is 60.2 cm³/mol. The van der Waals surface area contributed by atoms with Crippen molar-refractivity contribution < 1.29 is 9.90 Å². The maximum Gasteiger partial charge on any atom is 0.322 e. The van der Waals surface area contributed by atoms with Gasteiger partial charge in [0.25, 0.3) is 0 Å². The van der Waals surface area contributed by atoms with E-state index in [1.165, 1.54) is 0 Å². The molecule has 5 nitrogen and oxygen atoms in total. The van der Waals surface area contributed by atoms with Crippen molar-refractivity contribution in [2.75, 3.05) is 7.05 Å². The number of aromatic nitrogens is 2. The summed E-state index contributed by atoms with van der Waals surface area (Å²) in [6, 6.07) is 7.10. The first-order valence-corrected chi connectivity index (χ1v) is 5.03. The van der Waals surface area contributed by atoms with Gasteiger partial charge in [-0.2, -0.15) is 5.10 Å². The first-order valence-electron chi connectivity index (χ1n) is 5.03. The summed E-state index contributed by atoms with van der Waals surface area (Å²) in [6.45, 7) is 0.319. The summed E-state index contributed by atoms with van der Waals surface area (Å²) in [5.41, 5.74) is 0.948. The number of benzene rings is 1. The molecule has 0 saturated carbocycles. The number of para-hydroxylation sites is 1. The number of nitrogens with one attached hydrogen (secondary N) is 1. The van der Waals surface area contributed by atoms with Crippen LogP contribution in [0.4, 0.5) is 0 Å². The Morgan fingerprint density at radius 1 is 1.56 bits per heavy atom. The van der Waals surface area contributed by atoms with Crippen molar-refractivity contribution in [1.82, 2.24) is 15.1 Å². The Bertz CT molecular complexity index is 507. The third kappa shape index (κ3) is 1.90. The molecule has 2 rings (SSSR count). The number of fused-ring (bicyclic) bond motifs is 1. The van der Waals surface area contributed by atoms with E-state index in [1.807, 2.05) is 24.3 Å². The average molecular weight is 219 g/mol. The molecule has 0 fully saturated rings. The number of hydrogen-bond acceptors (Lipinski definition) is 3. The van der Waals surface area contributed by atoms with Gasteiger partial charge >= 0.3 is 5.97 Å². The highest BCUT2D eigenvalue weighted by molar-refractivity contribution is 5.79. The Hall–Kier alpha value is -1.88. The van der Waals surface area contributed by atoms with Crippen LogP contribution < -0.4 is 5.32 Å². The largest absolute Gasteiger partial charge is 0.480 e. The van der Waals surface area contributed by atoms with E-state index in [9.17, 15) is 4.79 Å². The van der Waals surface area contributed by atoms with Crippen molar-refractivity contribution in [2.45, 2.75) is 12.6 Å². The van der Waals surface area contributed by atoms with Crippen molar-refractivity contribution in [2.24, 2.45) is 0 Å². The molecule has 5 heteroatoms. The lowest BCUT2D eigenvalue weighted by Crippen LogP contribution is -2.37. The van der Waals surface area contributed by atoms with Gasteiger partial charge < -0.3 is 10.4 Å². The zero-order valence-corrected chi connectivity index (χ0v) is 8.92. The standard InChI is InChI=1S/C11H13N3O2/c1-12-9(11(15)16)7-14-10-5-3-2-4-8(10)6-13-14/h2-6,9,12H,7H2,1H3,(H,15,16). The van der Waals surface area contributed by atoms with Crippen molar-refractivity contribution in [1.29, 1.82) is 0 Å². The highest BCUT2D eigenvalue weighted by atomic mass is 16.4. The minimum Gasteiger partial charge on any atom is -0.480 e. The first-order chi connectivity index (χ1) is 7.72. The van der Waals surface area contributed by atoms with E-state index in [1.54, 1.807) is 17.9 Å². The Morgan fingerprint density at radius 2 is 2.31 bits per heavy atom. The van der Waals surface area contributed by atoms with Crippen LogP contribution in [0.25, 0.3) is 10.9 Å². The molecule has 0 spiro atoms. The molecule has 2 N–H and O–H groups in total. The van der Waals surface area contributed by atoms with Gasteiger partial charge in [-0.25, -0.2) is 0 Å². The molecule has 0 saturated heterocycles. The molecule has 0 aliphatic carbocycles. The summed E-state index contributed by atoms with van der Waals surface area (Å²) in [6.07, 6.45) is 1.74. The summed E-state index contributed by atoms with van der Waals surface area (Å²) in [5, 5.41) is 16.9. The molecular weight excluding hydrogens is 206 g/mol. The number of hydrogen-bond donors (Lipinski definition) is 2. The maximum absolute atomic E-state index is 10.9. The van der Waals surface area contributed by atoms with E-state index in [4.69, 9.17) is 5.11 Å². The van der Waals surface area contributed by atoms with Crippen LogP contribution >= 0.6 is 0 Å². The number of rotatable bonds is 4. The second-order valence-corrected chi connectivity index (χ2v) is 3.56. The number of likely N-dealkylation sites (N-methyl/N-ethyl adjacent to an activating group) is 1. The molecule has 1 aromatic heterocycles. The van der Waals surface area contributed by atoms with Gasteiger partial charge in [-0.1, -0.05) is 18.2 Å². The maximum atomic E-state index is 10.9. The fourth-order valence-electron chi connectivity index (χ4n) is 1.64. The Morgan fingerprint density at radius 3 is 3.00 bits per heavy atom. The van der Waals surface area contributed by atoms with E-state index >= 15 is 0 Å². The van der Waals surface area contributed by atoms with Crippen LogP contribution in [0.5, 0.6) is 0 Å². The third-order valence-corrected chi connectivity index (χ3v) is 2.55. The highest BCUT2D eigenvalue weighted by Gasteiger charge is 2.16. The average Bonchev–Trinajstić information content (AvgIpc) is 2.69. The van der Waals surface area contributed by atoms with Gasteiger partial charge in [-0.15, -0.1) is 0 Å². The lowest BCUT2D eigenvalue weighted by atomic mass is 10.2. The molecule has 1 aromatic carbocycles. The lowest BCUT2D eigenvalue weighted by molar-refractivity contribution is -0.139. The van der Waals surface area contributed by atoms with Crippen LogP contribution in [0, 0.1) is 0 Å². The minimum atomic E-state index is -0.873. The van der Waals surface area contributed by atoms with Crippen LogP contribution in [-0.4, -0.2) is 33.9 Å². The van der Waals surface area contributed by atoms with Gasteiger partial charge in [0, 0.05) is 5.39 Å². The molecule has 84 valence electrons. The van der Waals surface area contributed by atoms with Gasteiger partial charge in [-0.3, -0.25) is 9.48 Å². The summed E-state index contributed by atoms with van der Waals surface area (Å²) >= 11 is 0. The normalized spacial score (nSPS) is 12.8. The van der Waals surface area contributed by atoms with Gasteiger partial charge in [0.2, 0.25) is 0 Å². The number of aliphatic carboxylic acids is 1. The van der Waals surface area contributed by atoms with Crippen molar-refractivity contribution in [3.05, 3.63) is 30.5 Å². The fourth-order valence-corrected chi connectivity index (χ4v) is 1.64. The molecule has 1 heterocycles. The molecule has 16 heavy (non-hydrogen) atoms. The Labute approximate surface area is 92.7 Å². The van der Waals surface area contributed by atoms with Gasteiger partial charge in [-0.05, 0) is 13.1 Å². The zero-order chi connectivity index (χ0) is 11.5. The van der Waals surface area contributed by atoms with Crippen molar-refractivity contribution in [3.8, 4) is 0 Å². The quantitative estimate of drug-likeness (QED) is 0.794. The number of carboxylic acids is 1. The summed E-state index contributed by atoms with van der Waals surface area (Å²) in [4.78, 5) is 10.9. The van der Waals surface area contributed by atoms with Crippen LogP contribution in [-0.2, 0) is 11.3 Å². The summed E-state index contributed by atoms with van der Waals surface area (Å²) in [5.74, 6) is -0.873. The smallest absolute Gasteiger partial charge is 0.322 e. The number of carboxylic acid groups (broad SMARTS) is 1. The van der Waals surface area contributed by atoms with Gasteiger partial charge in [0.1, 0.15) is 6.04 Å². The zero-order valence-electron chi connectivity index (χ0n) is 8.92. The Balaban J connectivity index is 2.30. The van der Waals surface area contributed by atoms with Crippen LogP contribution in [0.1, 0.15) is 0 Å². The molecular formula is C11H13N3O2. The van der Waals surface area contributed by atoms with Gasteiger partial charge in [0.15, 0.2) is 0 Å². The molecule has 0 aliphatic rings. The molecule has 0 amide bonds. The Kier molecular flexibility index (Phi) is 2.87.